The Hall–Kier alpha value is -2.69. The van der Waals surface area contributed by atoms with Gasteiger partial charge in [-0.15, -0.1) is 0 Å². The zero-order valence-electron chi connectivity index (χ0n) is 13.8. The zero-order chi connectivity index (χ0) is 17.4. The molecule has 0 saturated heterocycles. The van der Waals surface area contributed by atoms with Crippen LogP contribution in [-0.2, 0) is 0 Å². The molecule has 0 atom stereocenters. The highest BCUT2D eigenvalue weighted by Gasteiger charge is 2.05. The third-order valence-electron chi connectivity index (χ3n) is 3.36. The van der Waals surface area contributed by atoms with Crippen LogP contribution >= 0.6 is 0 Å². The summed E-state index contributed by atoms with van der Waals surface area (Å²) in [6.07, 6.45) is 2.25. The number of halogens is 1. The molecule has 0 aliphatic carbocycles. The minimum atomic E-state index is -0.390. The number of rotatable bonds is 7. The molecule has 2 rings (SSSR count). The van der Waals surface area contributed by atoms with Gasteiger partial charge >= 0.3 is 0 Å². The number of nitrogens with one attached hydrogen (secondary N) is 1. The highest BCUT2D eigenvalue weighted by Crippen LogP contribution is 2.13. The summed E-state index contributed by atoms with van der Waals surface area (Å²) in [5.74, 6) is 0.555. The summed E-state index contributed by atoms with van der Waals surface area (Å²) >= 11 is 0. The van der Waals surface area contributed by atoms with E-state index in [2.05, 4.69) is 24.4 Å². The summed E-state index contributed by atoms with van der Waals surface area (Å²) in [5, 5.41) is 3.77. The van der Waals surface area contributed by atoms with Crippen molar-refractivity contribution < 1.29 is 13.9 Å². The molecule has 5 heteroatoms. The lowest BCUT2D eigenvalue weighted by Crippen LogP contribution is -2.17. The zero-order valence-corrected chi connectivity index (χ0v) is 13.8. The number of amides is 1. The van der Waals surface area contributed by atoms with Crippen molar-refractivity contribution in [2.75, 3.05) is 6.61 Å². The average molecular weight is 328 g/mol. The maximum Gasteiger partial charge on any atom is 0.271 e. The first-order valence-electron chi connectivity index (χ1n) is 7.87. The van der Waals surface area contributed by atoms with E-state index in [9.17, 15) is 9.18 Å². The van der Waals surface area contributed by atoms with Crippen LogP contribution in [0.4, 0.5) is 4.39 Å². The number of hydrogen-bond acceptors (Lipinski definition) is 3. The summed E-state index contributed by atoms with van der Waals surface area (Å²) in [6, 6.07) is 13.0. The van der Waals surface area contributed by atoms with Crippen molar-refractivity contribution in [3.63, 3.8) is 0 Å². The first-order chi connectivity index (χ1) is 11.6. The summed E-state index contributed by atoms with van der Waals surface area (Å²) in [7, 11) is 0. The van der Waals surface area contributed by atoms with Crippen molar-refractivity contribution in [3.05, 3.63) is 65.5 Å². The van der Waals surface area contributed by atoms with Crippen LogP contribution in [0.1, 0.15) is 36.2 Å². The quantitative estimate of drug-likeness (QED) is 0.616. The van der Waals surface area contributed by atoms with Gasteiger partial charge in [0.05, 0.1) is 12.8 Å². The third kappa shape index (κ3) is 5.50. The molecule has 0 heterocycles. The fraction of sp³-hybridized carbons (Fsp3) is 0.263. The summed E-state index contributed by atoms with van der Waals surface area (Å²) < 4.78 is 19.0. The van der Waals surface area contributed by atoms with Crippen LogP contribution in [-0.4, -0.2) is 18.7 Å². The summed E-state index contributed by atoms with van der Waals surface area (Å²) in [4.78, 5) is 12.0. The van der Waals surface area contributed by atoms with Crippen molar-refractivity contribution in [1.82, 2.24) is 5.43 Å². The molecule has 126 valence electrons. The topological polar surface area (TPSA) is 50.7 Å². The second kappa shape index (κ2) is 8.82. The second-order valence-electron chi connectivity index (χ2n) is 5.78. The highest BCUT2D eigenvalue weighted by atomic mass is 19.1. The van der Waals surface area contributed by atoms with Crippen molar-refractivity contribution in [2.45, 2.75) is 20.3 Å². The molecule has 0 aliphatic rings. The Labute approximate surface area is 141 Å². The van der Waals surface area contributed by atoms with E-state index in [1.54, 1.807) is 42.5 Å². The van der Waals surface area contributed by atoms with Gasteiger partial charge in [0.25, 0.3) is 5.91 Å². The maximum absolute atomic E-state index is 13.4. The van der Waals surface area contributed by atoms with Crippen molar-refractivity contribution in [3.8, 4) is 5.75 Å². The first-order valence-corrected chi connectivity index (χ1v) is 7.87. The van der Waals surface area contributed by atoms with Crippen LogP contribution in [0.15, 0.2) is 53.6 Å². The monoisotopic (exact) mass is 328 g/mol. The first kappa shape index (κ1) is 17.7. The Kier molecular flexibility index (Phi) is 6.49. The Morgan fingerprint density at radius 1 is 1.21 bits per heavy atom. The number of ether oxygens (including phenoxy) is 1. The van der Waals surface area contributed by atoms with Gasteiger partial charge in [0.2, 0.25) is 0 Å². The minimum Gasteiger partial charge on any atom is -0.494 e. The van der Waals surface area contributed by atoms with E-state index in [-0.39, 0.29) is 5.91 Å². The number of hydrazone groups is 1. The third-order valence-corrected chi connectivity index (χ3v) is 3.36. The molecule has 0 aliphatic heterocycles. The van der Waals surface area contributed by atoms with E-state index >= 15 is 0 Å². The Morgan fingerprint density at radius 2 is 1.92 bits per heavy atom. The summed E-state index contributed by atoms with van der Waals surface area (Å²) in [5.41, 5.74) is 3.14. The molecule has 0 bridgehead atoms. The van der Waals surface area contributed by atoms with Crippen molar-refractivity contribution in [2.24, 2.45) is 11.0 Å². The van der Waals surface area contributed by atoms with Gasteiger partial charge in [0.1, 0.15) is 11.6 Å². The molecular weight excluding hydrogens is 307 g/mol. The van der Waals surface area contributed by atoms with Crippen LogP contribution in [0.25, 0.3) is 0 Å². The molecule has 0 fully saturated rings. The molecule has 1 amide bonds. The van der Waals surface area contributed by atoms with Crippen LogP contribution in [0.3, 0.4) is 0 Å². The molecule has 24 heavy (non-hydrogen) atoms. The van der Waals surface area contributed by atoms with Gasteiger partial charge in [-0.05, 0) is 42.7 Å². The predicted molar refractivity (Wildman–Crippen MR) is 92.9 cm³/mol. The molecule has 0 radical (unpaired) electrons. The van der Waals surface area contributed by atoms with Crippen LogP contribution in [0.5, 0.6) is 5.75 Å². The second-order valence-corrected chi connectivity index (χ2v) is 5.78. The lowest BCUT2D eigenvalue weighted by Gasteiger charge is -2.08. The maximum atomic E-state index is 13.4. The lowest BCUT2D eigenvalue weighted by molar-refractivity contribution is 0.0955. The van der Waals surface area contributed by atoms with Crippen molar-refractivity contribution >= 4 is 12.1 Å². The van der Waals surface area contributed by atoms with Crippen LogP contribution in [0, 0.1) is 11.7 Å². The normalized spacial score (nSPS) is 11.0. The van der Waals surface area contributed by atoms with Gasteiger partial charge < -0.3 is 4.74 Å². The van der Waals surface area contributed by atoms with Gasteiger partial charge in [0, 0.05) is 11.1 Å². The number of benzene rings is 2. The molecule has 2 aromatic rings. The van der Waals surface area contributed by atoms with E-state index in [0.29, 0.717) is 23.7 Å². The highest BCUT2D eigenvalue weighted by molar-refractivity contribution is 5.95. The average Bonchev–Trinajstić information content (AvgIpc) is 2.57. The van der Waals surface area contributed by atoms with Gasteiger partial charge in [-0.3, -0.25) is 4.79 Å². The predicted octanol–water partition coefficient (Wildman–Crippen LogP) is 4.01. The Balaban J connectivity index is 1.87. The number of carbonyl (C=O) groups is 1. The van der Waals surface area contributed by atoms with E-state index in [0.717, 1.165) is 12.2 Å². The SMILES string of the molecule is CC(C)CCOc1ccc(C(=O)N/N=C\c2ccccc2F)cc1. The molecule has 0 aromatic heterocycles. The largest absolute Gasteiger partial charge is 0.494 e. The Bertz CT molecular complexity index is 697. The summed E-state index contributed by atoms with van der Waals surface area (Å²) in [6.45, 7) is 4.92. The number of carbonyl (C=O) groups excluding carboxylic acids is 1. The number of nitrogens with zero attached hydrogens (tertiary/aromatic N) is 1. The van der Waals surface area contributed by atoms with E-state index < -0.39 is 5.82 Å². The molecule has 0 spiro atoms. The van der Waals surface area contributed by atoms with Crippen LogP contribution < -0.4 is 10.2 Å². The lowest BCUT2D eigenvalue weighted by atomic mass is 10.1. The van der Waals surface area contributed by atoms with Gasteiger partial charge in [-0.1, -0.05) is 32.0 Å². The van der Waals surface area contributed by atoms with Gasteiger partial charge in [0.15, 0.2) is 0 Å². The molecule has 0 saturated carbocycles. The molecular formula is C19H21FN2O2. The molecule has 4 nitrogen and oxygen atoms in total. The van der Waals surface area contributed by atoms with E-state index in [4.69, 9.17) is 4.74 Å². The van der Waals surface area contributed by atoms with Crippen molar-refractivity contribution in [1.29, 1.82) is 0 Å². The smallest absolute Gasteiger partial charge is 0.271 e. The van der Waals surface area contributed by atoms with Crippen LogP contribution in [0.2, 0.25) is 0 Å². The van der Waals surface area contributed by atoms with Gasteiger partial charge in [-0.2, -0.15) is 5.10 Å². The fourth-order valence-corrected chi connectivity index (χ4v) is 1.92. The standard InChI is InChI=1S/C19H21FN2O2/c1-14(2)11-12-24-17-9-7-15(8-10-17)19(23)22-21-13-16-5-3-4-6-18(16)20/h3-10,13-14H,11-12H2,1-2H3,(H,22,23)/b21-13-. The van der Waals surface area contributed by atoms with E-state index in [1.165, 1.54) is 12.3 Å². The molecule has 0 unspecified atom stereocenters. The Morgan fingerprint density at radius 3 is 2.58 bits per heavy atom. The minimum absolute atomic E-state index is 0.312. The molecule has 1 N–H and O–H groups in total. The number of hydrogen-bond donors (Lipinski definition) is 1. The van der Waals surface area contributed by atoms with Gasteiger partial charge in [-0.25, -0.2) is 9.82 Å². The van der Waals surface area contributed by atoms with E-state index in [1.807, 2.05) is 0 Å². The molecule has 2 aromatic carbocycles. The fourth-order valence-electron chi connectivity index (χ4n) is 1.92.